The Morgan fingerprint density at radius 3 is 2.67 bits per heavy atom. The molecule has 0 atom stereocenters. The molecule has 1 heterocycles. The van der Waals surface area contributed by atoms with Crippen LogP contribution in [0.5, 0.6) is 5.75 Å². The smallest absolute Gasteiger partial charge is 0.251 e. The average Bonchev–Trinajstić information content (AvgIpc) is 2.78. The Hall–Kier alpha value is -3.34. The quantitative estimate of drug-likeness (QED) is 0.679. The molecule has 0 aromatic heterocycles. The van der Waals surface area contributed by atoms with Gasteiger partial charge in [0.1, 0.15) is 5.75 Å². The van der Waals surface area contributed by atoms with Gasteiger partial charge in [-0.3, -0.25) is 9.59 Å². The fourth-order valence-corrected chi connectivity index (χ4v) is 3.88. The van der Waals surface area contributed by atoms with Crippen LogP contribution in [-0.2, 0) is 17.8 Å². The molecule has 3 aromatic carbocycles. The molecule has 154 valence electrons. The molecule has 3 aromatic rings. The van der Waals surface area contributed by atoms with Gasteiger partial charge in [-0.15, -0.1) is 0 Å². The highest BCUT2D eigenvalue weighted by atomic mass is 16.5. The van der Waals surface area contributed by atoms with Crippen LogP contribution in [0.4, 0.5) is 0 Å². The lowest BCUT2D eigenvalue weighted by Gasteiger charge is -2.29. The molecule has 5 heteroatoms. The fraction of sp³-hybridized carbons (Fsp3) is 0.280. The highest BCUT2D eigenvalue weighted by molar-refractivity contribution is 5.98. The Labute approximate surface area is 176 Å². The molecule has 0 unspecified atom stereocenters. The molecular weight excluding hydrogens is 376 g/mol. The topological polar surface area (TPSA) is 58.6 Å². The van der Waals surface area contributed by atoms with Crippen LogP contribution in [-0.4, -0.2) is 36.4 Å². The summed E-state index contributed by atoms with van der Waals surface area (Å²) in [4.78, 5) is 27.0. The first-order chi connectivity index (χ1) is 14.6. The van der Waals surface area contributed by atoms with Gasteiger partial charge in [0.05, 0.1) is 6.61 Å². The van der Waals surface area contributed by atoms with Crippen molar-refractivity contribution in [2.24, 2.45) is 0 Å². The summed E-state index contributed by atoms with van der Waals surface area (Å²) in [6.45, 7) is 4.21. The second-order valence-electron chi connectivity index (χ2n) is 7.50. The summed E-state index contributed by atoms with van der Waals surface area (Å²) in [6.07, 6.45) is 1.14. The van der Waals surface area contributed by atoms with Crippen molar-refractivity contribution < 1.29 is 14.3 Å². The van der Waals surface area contributed by atoms with Gasteiger partial charge in [0.15, 0.2) is 0 Å². The van der Waals surface area contributed by atoms with Crippen LogP contribution in [0.1, 0.15) is 34.8 Å². The third-order valence-corrected chi connectivity index (χ3v) is 5.49. The maximum atomic E-state index is 12.7. The maximum Gasteiger partial charge on any atom is 0.251 e. The molecule has 1 aliphatic rings. The van der Waals surface area contributed by atoms with E-state index >= 15 is 0 Å². The first-order valence-electron chi connectivity index (χ1n) is 10.4. The predicted molar refractivity (Wildman–Crippen MR) is 118 cm³/mol. The molecule has 0 fully saturated rings. The monoisotopic (exact) mass is 402 g/mol. The average molecular weight is 402 g/mol. The lowest BCUT2D eigenvalue weighted by atomic mass is 9.99. The Morgan fingerprint density at radius 1 is 1.00 bits per heavy atom. The molecule has 5 nitrogen and oxygen atoms in total. The summed E-state index contributed by atoms with van der Waals surface area (Å²) in [6, 6.07) is 19.7. The number of fused-ring (bicyclic) bond motifs is 2. The van der Waals surface area contributed by atoms with Crippen molar-refractivity contribution in [1.82, 2.24) is 10.2 Å². The van der Waals surface area contributed by atoms with Crippen LogP contribution < -0.4 is 10.1 Å². The number of nitrogens with zero attached hydrogens (tertiary/aromatic N) is 1. The van der Waals surface area contributed by atoms with Gasteiger partial charge in [-0.1, -0.05) is 36.4 Å². The number of carbonyl (C=O) groups is 2. The van der Waals surface area contributed by atoms with E-state index in [1.807, 2.05) is 66.4 Å². The summed E-state index contributed by atoms with van der Waals surface area (Å²) >= 11 is 0. The second-order valence-corrected chi connectivity index (χ2v) is 7.50. The van der Waals surface area contributed by atoms with Crippen LogP contribution >= 0.6 is 0 Å². The normalized spacial score (nSPS) is 13.0. The second kappa shape index (κ2) is 8.99. The van der Waals surface area contributed by atoms with E-state index in [0.717, 1.165) is 28.5 Å². The van der Waals surface area contributed by atoms with Crippen LogP contribution in [0, 0.1) is 0 Å². The van der Waals surface area contributed by atoms with E-state index < -0.39 is 0 Å². The summed E-state index contributed by atoms with van der Waals surface area (Å²) in [5.74, 6) is 0.744. The molecule has 1 N–H and O–H groups in total. The Kier molecular flexibility index (Phi) is 5.98. The fourth-order valence-electron chi connectivity index (χ4n) is 3.88. The summed E-state index contributed by atoms with van der Waals surface area (Å²) in [7, 11) is 0. The van der Waals surface area contributed by atoms with Crippen molar-refractivity contribution in [3.63, 3.8) is 0 Å². The Morgan fingerprint density at radius 2 is 1.83 bits per heavy atom. The summed E-state index contributed by atoms with van der Waals surface area (Å²) in [5.41, 5.74) is 3.02. The molecule has 0 saturated carbocycles. The van der Waals surface area contributed by atoms with Crippen LogP contribution in [0.25, 0.3) is 10.8 Å². The molecular formula is C25H26N2O3. The van der Waals surface area contributed by atoms with Gasteiger partial charge in [0, 0.05) is 31.6 Å². The number of ether oxygens (including phenoxy) is 1. The van der Waals surface area contributed by atoms with Gasteiger partial charge < -0.3 is 15.0 Å². The highest BCUT2D eigenvalue weighted by Gasteiger charge is 2.21. The number of carbonyl (C=O) groups excluding carboxylic acids is 2. The van der Waals surface area contributed by atoms with E-state index in [1.54, 1.807) is 0 Å². The third kappa shape index (κ3) is 4.46. The van der Waals surface area contributed by atoms with Crippen molar-refractivity contribution in [1.29, 1.82) is 0 Å². The number of hydrogen-bond acceptors (Lipinski definition) is 3. The number of nitrogens with one attached hydrogen (secondary N) is 1. The minimum Gasteiger partial charge on any atom is -0.494 e. The highest BCUT2D eigenvalue weighted by Crippen LogP contribution is 2.24. The van der Waals surface area contributed by atoms with Crippen molar-refractivity contribution in [2.45, 2.75) is 26.3 Å². The Bertz CT molecular complexity index is 1080. The molecule has 4 rings (SSSR count). The van der Waals surface area contributed by atoms with Gasteiger partial charge in [0.2, 0.25) is 5.91 Å². The van der Waals surface area contributed by atoms with E-state index in [2.05, 4.69) is 11.4 Å². The van der Waals surface area contributed by atoms with Crippen molar-refractivity contribution >= 4 is 22.6 Å². The van der Waals surface area contributed by atoms with Crippen molar-refractivity contribution in [2.75, 3.05) is 19.7 Å². The number of benzene rings is 3. The van der Waals surface area contributed by atoms with Crippen molar-refractivity contribution in [3.05, 3.63) is 77.4 Å². The third-order valence-electron chi connectivity index (χ3n) is 5.49. The van der Waals surface area contributed by atoms with Crippen LogP contribution in [0.15, 0.2) is 60.7 Å². The van der Waals surface area contributed by atoms with Gasteiger partial charge in [0.25, 0.3) is 5.91 Å². The lowest BCUT2D eigenvalue weighted by molar-refractivity contribution is -0.131. The van der Waals surface area contributed by atoms with E-state index in [-0.39, 0.29) is 11.8 Å². The minimum atomic E-state index is -0.154. The number of rotatable bonds is 6. The standard InChI is InChI=1S/C25H26N2O3/c1-2-30-23-10-9-19-12-14-27(17-22(19)16-23)24(28)11-13-26-25(29)21-8-7-18-5-3-4-6-20(18)15-21/h3-10,15-16H,2,11-14,17H2,1H3,(H,26,29). The van der Waals surface area contributed by atoms with Gasteiger partial charge >= 0.3 is 0 Å². The lowest BCUT2D eigenvalue weighted by Crippen LogP contribution is -2.38. The largest absolute Gasteiger partial charge is 0.494 e. The number of amides is 2. The summed E-state index contributed by atoms with van der Waals surface area (Å²) < 4.78 is 5.58. The zero-order valence-electron chi connectivity index (χ0n) is 17.2. The van der Waals surface area contributed by atoms with E-state index in [0.29, 0.717) is 38.2 Å². The first kappa shape index (κ1) is 20.0. The molecule has 0 aliphatic carbocycles. The molecule has 2 amide bonds. The summed E-state index contributed by atoms with van der Waals surface area (Å²) in [5, 5.41) is 5.00. The number of hydrogen-bond donors (Lipinski definition) is 1. The predicted octanol–water partition coefficient (Wildman–Crippen LogP) is 3.94. The molecule has 0 radical (unpaired) electrons. The van der Waals surface area contributed by atoms with Crippen LogP contribution in [0.2, 0.25) is 0 Å². The minimum absolute atomic E-state index is 0.0567. The maximum absolute atomic E-state index is 12.7. The van der Waals surface area contributed by atoms with E-state index in [4.69, 9.17) is 4.74 Å². The van der Waals surface area contributed by atoms with Gasteiger partial charge in [-0.25, -0.2) is 0 Å². The van der Waals surface area contributed by atoms with Gasteiger partial charge in [-0.05, 0) is 59.5 Å². The van der Waals surface area contributed by atoms with Gasteiger partial charge in [-0.2, -0.15) is 0 Å². The first-order valence-corrected chi connectivity index (χ1v) is 10.4. The van der Waals surface area contributed by atoms with E-state index in [1.165, 1.54) is 5.56 Å². The van der Waals surface area contributed by atoms with Crippen LogP contribution in [0.3, 0.4) is 0 Å². The Balaban J connectivity index is 1.31. The zero-order valence-corrected chi connectivity index (χ0v) is 17.2. The molecule has 0 spiro atoms. The van der Waals surface area contributed by atoms with E-state index in [9.17, 15) is 9.59 Å². The molecule has 0 saturated heterocycles. The molecule has 1 aliphatic heterocycles. The zero-order chi connectivity index (χ0) is 20.9. The SMILES string of the molecule is CCOc1ccc2c(c1)CN(C(=O)CCNC(=O)c1ccc3ccccc3c1)CC2. The molecule has 0 bridgehead atoms. The van der Waals surface area contributed by atoms with Crippen molar-refractivity contribution in [3.8, 4) is 5.75 Å². The molecule has 30 heavy (non-hydrogen) atoms.